The standard InChI is InChI=1S/C13H20O4S/c1-5-9-10-8(2)6-13(11(9)14,12(10,3)4)7-18(15,16)17/h5,8,10H,6-7H2,1-4H3,(H,15,16,17)/b9-5-/t8?,10-,13-/m1/s1. The second kappa shape index (κ2) is 3.67. The molecule has 2 saturated carbocycles. The molecular formula is C13H20O4S. The summed E-state index contributed by atoms with van der Waals surface area (Å²) in [6.07, 6.45) is 2.34. The van der Waals surface area contributed by atoms with Gasteiger partial charge >= 0.3 is 0 Å². The average molecular weight is 272 g/mol. The molecular weight excluding hydrogens is 252 g/mol. The monoisotopic (exact) mass is 272 g/mol. The van der Waals surface area contributed by atoms with Gasteiger partial charge in [0.25, 0.3) is 10.1 Å². The van der Waals surface area contributed by atoms with Crippen LogP contribution in [0.1, 0.15) is 34.1 Å². The van der Waals surface area contributed by atoms with Gasteiger partial charge in [0.2, 0.25) is 0 Å². The largest absolute Gasteiger partial charge is 0.294 e. The summed E-state index contributed by atoms with van der Waals surface area (Å²) in [5.41, 5.74) is -0.629. The topological polar surface area (TPSA) is 71.4 Å². The van der Waals surface area contributed by atoms with Crippen LogP contribution in [0.5, 0.6) is 0 Å². The third kappa shape index (κ3) is 1.53. The van der Waals surface area contributed by atoms with Crippen molar-refractivity contribution in [3.63, 3.8) is 0 Å². The molecule has 18 heavy (non-hydrogen) atoms. The third-order valence-corrected chi connectivity index (χ3v) is 5.88. The zero-order valence-corrected chi connectivity index (χ0v) is 12.0. The van der Waals surface area contributed by atoms with E-state index in [-0.39, 0.29) is 17.6 Å². The van der Waals surface area contributed by atoms with Crippen LogP contribution in [0.2, 0.25) is 0 Å². The highest BCUT2D eigenvalue weighted by molar-refractivity contribution is 7.85. The number of Topliss-reactive ketones (excluding diaryl/α,β-unsaturated/α-hetero) is 1. The maximum Gasteiger partial charge on any atom is 0.265 e. The van der Waals surface area contributed by atoms with Gasteiger partial charge in [-0.25, -0.2) is 0 Å². The van der Waals surface area contributed by atoms with E-state index in [4.69, 9.17) is 0 Å². The summed E-state index contributed by atoms with van der Waals surface area (Å²) in [4.78, 5) is 12.5. The van der Waals surface area contributed by atoms with Crippen molar-refractivity contribution in [3.05, 3.63) is 11.6 Å². The van der Waals surface area contributed by atoms with E-state index in [1.165, 1.54) is 0 Å². The fourth-order valence-corrected chi connectivity index (χ4v) is 5.61. The van der Waals surface area contributed by atoms with E-state index >= 15 is 0 Å². The van der Waals surface area contributed by atoms with Gasteiger partial charge < -0.3 is 0 Å². The lowest BCUT2D eigenvalue weighted by molar-refractivity contribution is -0.125. The molecule has 0 aromatic carbocycles. The van der Waals surface area contributed by atoms with Crippen molar-refractivity contribution in [1.82, 2.24) is 0 Å². The lowest BCUT2D eigenvalue weighted by atomic mass is 9.70. The lowest BCUT2D eigenvalue weighted by Gasteiger charge is -2.34. The average Bonchev–Trinajstić information content (AvgIpc) is 2.44. The molecule has 2 aliphatic carbocycles. The number of carbonyl (C=O) groups excluding carboxylic acids is 1. The van der Waals surface area contributed by atoms with Crippen molar-refractivity contribution in [2.24, 2.45) is 22.7 Å². The van der Waals surface area contributed by atoms with Gasteiger partial charge in [0, 0.05) is 0 Å². The van der Waals surface area contributed by atoms with E-state index in [1.54, 1.807) is 6.08 Å². The van der Waals surface area contributed by atoms with Gasteiger partial charge in [-0.15, -0.1) is 0 Å². The zero-order valence-electron chi connectivity index (χ0n) is 11.2. The summed E-state index contributed by atoms with van der Waals surface area (Å²) in [6.45, 7) is 7.76. The molecule has 2 aliphatic rings. The Balaban J connectivity index is 2.61. The molecule has 0 saturated heterocycles. The van der Waals surface area contributed by atoms with Crippen LogP contribution in [-0.2, 0) is 14.9 Å². The van der Waals surface area contributed by atoms with Crippen molar-refractivity contribution in [3.8, 4) is 0 Å². The van der Waals surface area contributed by atoms with Crippen molar-refractivity contribution >= 4 is 15.9 Å². The molecule has 1 unspecified atom stereocenters. The van der Waals surface area contributed by atoms with E-state index in [0.717, 1.165) is 5.57 Å². The minimum Gasteiger partial charge on any atom is -0.294 e. The first-order valence-corrected chi connectivity index (χ1v) is 7.84. The molecule has 0 spiro atoms. The Morgan fingerprint density at radius 3 is 2.39 bits per heavy atom. The van der Waals surface area contributed by atoms with Crippen molar-refractivity contribution in [1.29, 1.82) is 0 Å². The van der Waals surface area contributed by atoms with Gasteiger partial charge in [-0.3, -0.25) is 9.35 Å². The predicted molar refractivity (Wildman–Crippen MR) is 68.7 cm³/mol. The molecule has 0 aromatic rings. The lowest BCUT2D eigenvalue weighted by Crippen LogP contribution is -2.42. The number of hydrogen-bond donors (Lipinski definition) is 1. The van der Waals surface area contributed by atoms with Crippen LogP contribution < -0.4 is 0 Å². The molecule has 0 amide bonds. The number of allylic oxidation sites excluding steroid dienone is 2. The third-order valence-electron chi connectivity index (χ3n) is 5.02. The van der Waals surface area contributed by atoms with E-state index in [9.17, 15) is 17.8 Å². The van der Waals surface area contributed by atoms with E-state index in [0.29, 0.717) is 6.42 Å². The molecule has 2 bridgehead atoms. The SMILES string of the molecule is C/C=C1\C(=O)[C@]2(CS(=O)(=O)O)CC(C)[C@H]1C2(C)C. The summed E-state index contributed by atoms with van der Waals surface area (Å²) in [7, 11) is -4.16. The van der Waals surface area contributed by atoms with Gasteiger partial charge in [0.15, 0.2) is 5.78 Å². The van der Waals surface area contributed by atoms with Crippen LogP contribution in [0.4, 0.5) is 0 Å². The number of hydrogen-bond acceptors (Lipinski definition) is 3. The number of carbonyl (C=O) groups is 1. The highest BCUT2D eigenvalue weighted by Crippen LogP contribution is 2.68. The van der Waals surface area contributed by atoms with E-state index in [1.807, 2.05) is 27.7 Å². The van der Waals surface area contributed by atoms with Crippen molar-refractivity contribution in [2.45, 2.75) is 34.1 Å². The number of rotatable bonds is 2. The molecule has 4 nitrogen and oxygen atoms in total. The first kappa shape index (κ1) is 13.7. The highest BCUT2D eigenvalue weighted by Gasteiger charge is 2.69. The molecule has 5 heteroatoms. The normalized spacial score (nSPS) is 40.7. The second-order valence-electron chi connectivity index (χ2n) is 6.26. The smallest absolute Gasteiger partial charge is 0.265 e. The zero-order chi connectivity index (χ0) is 13.9. The number of ketones is 1. The first-order valence-electron chi connectivity index (χ1n) is 6.23. The molecule has 0 aromatic heterocycles. The molecule has 2 rings (SSSR count). The molecule has 0 aliphatic heterocycles. The first-order chi connectivity index (χ1) is 8.07. The van der Waals surface area contributed by atoms with Crippen LogP contribution in [0.25, 0.3) is 0 Å². The van der Waals surface area contributed by atoms with Crippen LogP contribution in [-0.4, -0.2) is 24.5 Å². The summed E-state index contributed by atoms with van der Waals surface area (Å²) in [5, 5.41) is 0. The summed E-state index contributed by atoms with van der Waals surface area (Å²) >= 11 is 0. The van der Waals surface area contributed by atoms with Gasteiger partial charge in [-0.1, -0.05) is 26.8 Å². The minimum atomic E-state index is -4.16. The van der Waals surface area contributed by atoms with Gasteiger partial charge in [0.1, 0.15) is 0 Å². The molecule has 102 valence electrons. The Morgan fingerprint density at radius 1 is 1.44 bits per heavy atom. The van der Waals surface area contributed by atoms with Crippen LogP contribution in [0.3, 0.4) is 0 Å². The Bertz CT molecular complexity index is 529. The van der Waals surface area contributed by atoms with Crippen LogP contribution in [0, 0.1) is 22.7 Å². The van der Waals surface area contributed by atoms with E-state index < -0.39 is 26.7 Å². The second-order valence-corrected chi connectivity index (χ2v) is 7.71. The fraction of sp³-hybridized carbons (Fsp3) is 0.769. The summed E-state index contributed by atoms with van der Waals surface area (Å²) in [5.74, 6) is -0.178. The minimum absolute atomic E-state index is 0.0873. The number of fused-ring (bicyclic) bond motifs is 2. The Hall–Kier alpha value is -0.680. The highest BCUT2D eigenvalue weighted by atomic mass is 32.2. The molecule has 3 atom stereocenters. The maximum atomic E-state index is 12.5. The quantitative estimate of drug-likeness (QED) is 0.617. The molecule has 2 fully saturated rings. The van der Waals surface area contributed by atoms with Gasteiger partial charge in [-0.2, -0.15) is 8.42 Å². The summed E-state index contributed by atoms with van der Waals surface area (Å²) in [6, 6.07) is 0. The van der Waals surface area contributed by atoms with Gasteiger partial charge in [-0.05, 0) is 36.2 Å². The molecule has 0 radical (unpaired) electrons. The van der Waals surface area contributed by atoms with Crippen LogP contribution in [0.15, 0.2) is 11.6 Å². The fourth-order valence-electron chi connectivity index (χ4n) is 4.37. The Labute approximate surface area is 108 Å². The van der Waals surface area contributed by atoms with Gasteiger partial charge in [0.05, 0.1) is 11.2 Å². The Morgan fingerprint density at radius 2 is 2.00 bits per heavy atom. The molecule has 1 N–H and O–H groups in total. The van der Waals surface area contributed by atoms with E-state index in [2.05, 4.69) is 0 Å². The summed E-state index contributed by atoms with van der Waals surface area (Å²) < 4.78 is 31.8. The predicted octanol–water partition coefficient (Wildman–Crippen LogP) is 2.07. The van der Waals surface area contributed by atoms with Crippen LogP contribution >= 0.6 is 0 Å². The maximum absolute atomic E-state index is 12.5. The molecule has 0 heterocycles. The van der Waals surface area contributed by atoms with Crippen molar-refractivity contribution in [2.75, 3.05) is 5.75 Å². The Kier molecular flexibility index (Phi) is 2.80. The van der Waals surface area contributed by atoms with Crippen molar-refractivity contribution < 1.29 is 17.8 Å².